The van der Waals surface area contributed by atoms with E-state index in [0.717, 1.165) is 19.0 Å². The van der Waals surface area contributed by atoms with E-state index in [4.69, 9.17) is 4.74 Å². The Labute approximate surface area is 136 Å². The molecule has 0 saturated carbocycles. The summed E-state index contributed by atoms with van der Waals surface area (Å²) in [4.78, 5) is 5.29. The number of hydrogen-bond donors (Lipinski definition) is 0. The summed E-state index contributed by atoms with van der Waals surface area (Å²) in [6, 6.07) is 0. The highest BCUT2D eigenvalue weighted by atomic mass is 16.5. The molecule has 5 nitrogen and oxygen atoms in total. The van der Waals surface area contributed by atoms with Gasteiger partial charge in [-0.15, -0.1) is 0 Å². The molecule has 3 rings (SSSR count). The van der Waals surface area contributed by atoms with Gasteiger partial charge in [0, 0.05) is 39.3 Å². The molecule has 0 spiro atoms. The van der Waals surface area contributed by atoms with Crippen LogP contribution in [0.25, 0.3) is 0 Å². The van der Waals surface area contributed by atoms with Crippen molar-refractivity contribution >= 4 is 0 Å². The van der Waals surface area contributed by atoms with Gasteiger partial charge in [-0.1, -0.05) is 6.92 Å². The zero-order chi connectivity index (χ0) is 15.5. The first kappa shape index (κ1) is 16.7. The molecule has 0 bridgehead atoms. The normalized spacial score (nSPS) is 35.0. The van der Waals surface area contributed by atoms with E-state index in [1.807, 2.05) is 0 Å². The Kier molecular flexibility index (Phi) is 5.74. The highest BCUT2D eigenvalue weighted by Gasteiger charge is 2.29. The Morgan fingerprint density at radius 3 is 1.86 bits per heavy atom. The van der Waals surface area contributed by atoms with Crippen molar-refractivity contribution in [2.24, 2.45) is 5.92 Å². The molecule has 3 fully saturated rings. The summed E-state index contributed by atoms with van der Waals surface area (Å²) < 4.78 is 5.85. The van der Waals surface area contributed by atoms with Gasteiger partial charge in [0.1, 0.15) is 0 Å². The van der Waals surface area contributed by atoms with Crippen molar-refractivity contribution in [3.8, 4) is 0 Å². The highest BCUT2D eigenvalue weighted by Crippen LogP contribution is 2.18. The third-order valence-electron chi connectivity index (χ3n) is 5.43. The van der Waals surface area contributed by atoms with Crippen molar-refractivity contribution in [3.63, 3.8) is 0 Å². The summed E-state index contributed by atoms with van der Waals surface area (Å²) in [5, 5.41) is 5.09. The Morgan fingerprint density at radius 1 is 0.727 bits per heavy atom. The molecule has 0 amide bonds. The molecule has 3 aliphatic rings. The second-order valence-corrected chi connectivity index (χ2v) is 7.64. The lowest BCUT2D eigenvalue weighted by atomic mass is 10.00. The fourth-order valence-corrected chi connectivity index (χ4v) is 4.03. The Balaban J connectivity index is 1.40. The van der Waals surface area contributed by atoms with Crippen LogP contribution in [0.4, 0.5) is 0 Å². The van der Waals surface area contributed by atoms with E-state index >= 15 is 0 Å². The van der Waals surface area contributed by atoms with E-state index in [2.05, 4.69) is 40.6 Å². The van der Waals surface area contributed by atoms with Crippen LogP contribution in [-0.2, 0) is 4.74 Å². The van der Waals surface area contributed by atoms with Gasteiger partial charge in [-0.25, -0.2) is 10.0 Å². The van der Waals surface area contributed by atoms with Gasteiger partial charge in [-0.2, -0.15) is 0 Å². The largest absolute Gasteiger partial charge is 0.373 e. The van der Waals surface area contributed by atoms with Crippen LogP contribution in [-0.4, -0.2) is 91.1 Å². The van der Waals surface area contributed by atoms with Crippen LogP contribution >= 0.6 is 0 Å². The Morgan fingerprint density at radius 2 is 1.27 bits per heavy atom. The lowest BCUT2D eigenvalue weighted by Gasteiger charge is -2.46. The minimum absolute atomic E-state index is 0.358. The molecule has 0 radical (unpaired) electrons. The van der Waals surface area contributed by atoms with Gasteiger partial charge in [-0.3, -0.25) is 9.80 Å². The molecule has 22 heavy (non-hydrogen) atoms. The summed E-state index contributed by atoms with van der Waals surface area (Å²) in [6.45, 7) is 17.4. The summed E-state index contributed by atoms with van der Waals surface area (Å²) in [7, 11) is 0. The van der Waals surface area contributed by atoms with Gasteiger partial charge in [-0.05, 0) is 45.7 Å². The maximum Gasteiger partial charge on any atom is 0.0692 e. The predicted molar refractivity (Wildman–Crippen MR) is 89.6 cm³/mol. The maximum atomic E-state index is 5.85. The van der Waals surface area contributed by atoms with Crippen molar-refractivity contribution in [1.29, 1.82) is 0 Å². The van der Waals surface area contributed by atoms with Crippen molar-refractivity contribution in [2.75, 3.05) is 59.0 Å². The molecular weight excluding hydrogens is 276 g/mol. The molecule has 0 aromatic carbocycles. The topological polar surface area (TPSA) is 22.2 Å². The number of hydrazine groups is 1. The van der Waals surface area contributed by atoms with E-state index in [1.54, 1.807) is 0 Å². The molecule has 0 aromatic rings. The number of morpholine rings is 1. The van der Waals surface area contributed by atoms with Crippen LogP contribution in [0.5, 0.6) is 0 Å². The average molecular weight is 310 g/mol. The van der Waals surface area contributed by atoms with Crippen LogP contribution in [0.3, 0.4) is 0 Å². The van der Waals surface area contributed by atoms with Gasteiger partial charge in [0.2, 0.25) is 0 Å². The molecule has 0 aliphatic carbocycles. The van der Waals surface area contributed by atoms with Gasteiger partial charge >= 0.3 is 0 Å². The number of nitrogens with zero attached hydrogens (tertiary/aromatic N) is 4. The summed E-state index contributed by atoms with van der Waals surface area (Å²) in [6.07, 6.45) is 3.47. The van der Waals surface area contributed by atoms with E-state index in [9.17, 15) is 0 Å². The third-order valence-corrected chi connectivity index (χ3v) is 5.43. The Hall–Kier alpha value is -0.200. The molecule has 128 valence electrons. The van der Waals surface area contributed by atoms with Crippen molar-refractivity contribution < 1.29 is 4.74 Å². The predicted octanol–water partition coefficient (Wildman–Crippen LogP) is 1.32. The molecule has 3 saturated heterocycles. The second-order valence-electron chi connectivity index (χ2n) is 7.64. The number of rotatable bonds is 3. The number of piperidine rings is 1. The monoisotopic (exact) mass is 310 g/mol. The van der Waals surface area contributed by atoms with Crippen molar-refractivity contribution in [1.82, 2.24) is 19.8 Å². The molecule has 0 N–H and O–H groups in total. The molecule has 3 aliphatic heterocycles. The van der Waals surface area contributed by atoms with Crippen LogP contribution < -0.4 is 0 Å². The van der Waals surface area contributed by atoms with Crippen molar-refractivity contribution in [3.05, 3.63) is 0 Å². The standard InChI is InChI=1S/C17H34N4O/c1-15-4-6-18(7-5-15)14-19-8-10-20(11-9-19)21-12-16(2)22-17(3)13-21/h15-17H,4-14H2,1-3H3. The molecule has 5 heteroatoms. The quantitative estimate of drug-likeness (QED) is 0.782. The average Bonchev–Trinajstić information content (AvgIpc) is 2.49. The zero-order valence-corrected chi connectivity index (χ0v) is 14.7. The van der Waals surface area contributed by atoms with Crippen LogP contribution in [0.2, 0.25) is 0 Å². The van der Waals surface area contributed by atoms with Gasteiger partial charge in [0.25, 0.3) is 0 Å². The smallest absolute Gasteiger partial charge is 0.0692 e. The Bertz CT molecular complexity index is 328. The number of piperazine rings is 1. The van der Waals surface area contributed by atoms with E-state index in [0.29, 0.717) is 12.2 Å². The van der Waals surface area contributed by atoms with Crippen LogP contribution in [0.1, 0.15) is 33.6 Å². The van der Waals surface area contributed by atoms with Crippen molar-refractivity contribution in [2.45, 2.75) is 45.8 Å². The van der Waals surface area contributed by atoms with Gasteiger partial charge < -0.3 is 4.74 Å². The molecule has 2 atom stereocenters. The van der Waals surface area contributed by atoms with Crippen LogP contribution in [0.15, 0.2) is 0 Å². The third kappa shape index (κ3) is 4.42. The molecular formula is C17H34N4O. The SMILES string of the molecule is CC1CCN(CN2CCN(N3CC(C)OC(C)C3)CC2)CC1. The molecule has 3 heterocycles. The van der Waals surface area contributed by atoms with Gasteiger partial charge in [0.15, 0.2) is 0 Å². The molecule has 0 aromatic heterocycles. The zero-order valence-electron chi connectivity index (χ0n) is 14.7. The highest BCUT2D eigenvalue weighted by molar-refractivity contribution is 4.77. The van der Waals surface area contributed by atoms with E-state index in [-0.39, 0.29) is 0 Å². The summed E-state index contributed by atoms with van der Waals surface area (Å²) in [5.41, 5.74) is 0. The lowest BCUT2D eigenvalue weighted by Crippen LogP contribution is -2.60. The maximum absolute atomic E-state index is 5.85. The molecule has 2 unspecified atom stereocenters. The number of likely N-dealkylation sites (tertiary alicyclic amines) is 1. The minimum atomic E-state index is 0.358. The number of hydrogen-bond acceptors (Lipinski definition) is 5. The fraction of sp³-hybridized carbons (Fsp3) is 1.00. The first-order valence-corrected chi connectivity index (χ1v) is 9.20. The first-order valence-electron chi connectivity index (χ1n) is 9.20. The van der Waals surface area contributed by atoms with Gasteiger partial charge in [0.05, 0.1) is 18.9 Å². The van der Waals surface area contributed by atoms with Crippen LogP contribution in [0, 0.1) is 5.92 Å². The second kappa shape index (κ2) is 7.58. The minimum Gasteiger partial charge on any atom is -0.373 e. The summed E-state index contributed by atoms with van der Waals surface area (Å²) >= 11 is 0. The summed E-state index contributed by atoms with van der Waals surface area (Å²) in [5.74, 6) is 0.929. The first-order chi connectivity index (χ1) is 10.6. The van der Waals surface area contributed by atoms with E-state index < -0.39 is 0 Å². The van der Waals surface area contributed by atoms with E-state index in [1.165, 1.54) is 58.8 Å². The lowest BCUT2D eigenvalue weighted by molar-refractivity contribution is -0.158. The fourth-order valence-electron chi connectivity index (χ4n) is 4.03. The number of ether oxygens (including phenoxy) is 1.